The van der Waals surface area contributed by atoms with Crippen molar-refractivity contribution in [3.63, 3.8) is 0 Å². The Morgan fingerprint density at radius 1 is 0.962 bits per heavy atom. The van der Waals surface area contributed by atoms with E-state index in [1.54, 1.807) is 0 Å². The van der Waals surface area contributed by atoms with Gasteiger partial charge in [-0.15, -0.1) is 0 Å². The number of benzene rings is 1. The van der Waals surface area contributed by atoms with Crippen molar-refractivity contribution in [3.8, 4) is 0 Å². The summed E-state index contributed by atoms with van der Waals surface area (Å²) in [5.41, 5.74) is 2.51. The van der Waals surface area contributed by atoms with E-state index >= 15 is 0 Å². The highest BCUT2D eigenvalue weighted by molar-refractivity contribution is 5.19. The Hall–Kier alpha value is -0.860. The minimum atomic E-state index is 0.367. The molecular weight excluding hydrogens is 316 g/mol. The molecule has 0 atom stereocenters. The monoisotopic (exact) mass is 354 g/mol. The lowest BCUT2D eigenvalue weighted by Gasteiger charge is -2.49. The normalized spacial score (nSPS) is 33.5. The summed E-state index contributed by atoms with van der Waals surface area (Å²) in [6, 6.07) is 11.2. The van der Waals surface area contributed by atoms with Crippen LogP contribution < -0.4 is 0 Å². The van der Waals surface area contributed by atoms with Crippen molar-refractivity contribution in [1.29, 1.82) is 0 Å². The molecule has 0 N–H and O–H groups in total. The van der Waals surface area contributed by atoms with Crippen molar-refractivity contribution >= 4 is 0 Å². The smallest absolute Gasteiger partial charge is 0.0244 e. The minimum Gasteiger partial charge on any atom is -0.303 e. The van der Waals surface area contributed by atoms with Gasteiger partial charge in [-0.2, -0.15) is 0 Å². The quantitative estimate of drug-likeness (QED) is 0.735. The molecule has 1 saturated heterocycles. The molecule has 1 heterocycles. The summed E-state index contributed by atoms with van der Waals surface area (Å²) in [7, 11) is 4.62. The molecule has 0 bridgehead atoms. The summed E-state index contributed by atoms with van der Waals surface area (Å²) < 4.78 is 0. The van der Waals surface area contributed by atoms with Crippen LogP contribution in [0.15, 0.2) is 30.3 Å². The molecule has 1 aromatic carbocycles. The molecule has 1 spiro atoms. The van der Waals surface area contributed by atoms with Gasteiger partial charge in [0.25, 0.3) is 0 Å². The summed E-state index contributed by atoms with van der Waals surface area (Å²) in [5, 5.41) is 0. The molecule has 0 radical (unpaired) electrons. The van der Waals surface area contributed by atoms with Crippen molar-refractivity contribution in [3.05, 3.63) is 35.9 Å². The average Bonchev–Trinajstić information content (AvgIpc) is 3.29. The van der Waals surface area contributed by atoms with Crippen molar-refractivity contribution in [2.45, 2.75) is 69.7 Å². The maximum Gasteiger partial charge on any atom is 0.0244 e. The molecule has 26 heavy (non-hydrogen) atoms. The van der Waals surface area contributed by atoms with Crippen LogP contribution in [-0.4, -0.2) is 49.1 Å². The van der Waals surface area contributed by atoms with Crippen molar-refractivity contribution in [2.24, 2.45) is 11.3 Å². The van der Waals surface area contributed by atoms with Gasteiger partial charge < -0.3 is 9.80 Å². The zero-order chi connectivity index (χ0) is 18.0. The first-order valence-electron chi connectivity index (χ1n) is 11.0. The average molecular weight is 355 g/mol. The Morgan fingerprint density at radius 3 is 2.31 bits per heavy atom. The Bertz CT molecular complexity index is 565. The largest absolute Gasteiger partial charge is 0.303 e. The highest BCUT2D eigenvalue weighted by Crippen LogP contribution is 2.49. The molecule has 2 nitrogen and oxygen atoms in total. The molecule has 2 aliphatic carbocycles. The number of hydrogen-bond acceptors (Lipinski definition) is 2. The first-order chi connectivity index (χ1) is 12.6. The van der Waals surface area contributed by atoms with Crippen LogP contribution in [0.4, 0.5) is 0 Å². The van der Waals surface area contributed by atoms with Gasteiger partial charge in [0.05, 0.1) is 0 Å². The van der Waals surface area contributed by atoms with E-state index in [0.29, 0.717) is 11.0 Å². The van der Waals surface area contributed by atoms with Crippen molar-refractivity contribution < 1.29 is 0 Å². The lowest BCUT2D eigenvalue weighted by Crippen LogP contribution is -2.51. The molecule has 2 heteroatoms. The highest BCUT2D eigenvalue weighted by atomic mass is 15.2. The number of nitrogens with zero attached hydrogens (tertiary/aromatic N) is 2. The predicted octanol–water partition coefficient (Wildman–Crippen LogP) is 4.99. The minimum absolute atomic E-state index is 0.367. The maximum atomic E-state index is 2.83. The molecule has 1 aliphatic heterocycles. The van der Waals surface area contributed by atoms with Gasteiger partial charge in [-0.1, -0.05) is 43.2 Å². The van der Waals surface area contributed by atoms with Crippen LogP contribution in [-0.2, 0) is 6.42 Å². The Balaban J connectivity index is 1.37. The number of hydrogen-bond donors (Lipinski definition) is 0. The third-order valence-corrected chi connectivity index (χ3v) is 8.07. The van der Waals surface area contributed by atoms with Crippen molar-refractivity contribution in [2.75, 3.05) is 33.7 Å². The molecule has 3 fully saturated rings. The van der Waals surface area contributed by atoms with Gasteiger partial charge in [-0.05, 0) is 88.9 Å². The summed E-state index contributed by atoms with van der Waals surface area (Å²) in [5.74, 6) is 1.01. The molecule has 0 aromatic heterocycles. The summed E-state index contributed by atoms with van der Waals surface area (Å²) in [4.78, 5) is 5.37. The first-order valence-corrected chi connectivity index (χ1v) is 11.0. The lowest BCUT2D eigenvalue weighted by atomic mass is 9.65. The highest BCUT2D eigenvalue weighted by Gasteiger charge is 2.46. The Labute approximate surface area is 161 Å². The van der Waals surface area contributed by atoms with Crippen LogP contribution >= 0.6 is 0 Å². The first kappa shape index (κ1) is 18.5. The van der Waals surface area contributed by atoms with Crippen LogP contribution in [0.2, 0.25) is 0 Å². The van der Waals surface area contributed by atoms with Gasteiger partial charge in [0.1, 0.15) is 0 Å². The van der Waals surface area contributed by atoms with E-state index in [9.17, 15) is 0 Å². The summed E-state index contributed by atoms with van der Waals surface area (Å²) >= 11 is 0. The topological polar surface area (TPSA) is 6.48 Å². The molecule has 4 rings (SSSR count). The maximum absolute atomic E-state index is 2.83. The third kappa shape index (κ3) is 3.87. The van der Waals surface area contributed by atoms with Crippen LogP contribution in [0.1, 0.15) is 63.4 Å². The second-order valence-corrected chi connectivity index (χ2v) is 9.92. The lowest BCUT2D eigenvalue weighted by molar-refractivity contribution is 0.0402. The molecule has 1 aromatic rings. The fraction of sp³-hybridized carbons (Fsp3) is 0.750. The van der Waals surface area contributed by atoms with E-state index < -0.39 is 0 Å². The molecule has 2 saturated carbocycles. The van der Waals surface area contributed by atoms with E-state index in [-0.39, 0.29) is 0 Å². The van der Waals surface area contributed by atoms with Crippen LogP contribution in [0, 0.1) is 11.3 Å². The van der Waals surface area contributed by atoms with Crippen LogP contribution in [0.3, 0.4) is 0 Å². The van der Waals surface area contributed by atoms with Crippen molar-refractivity contribution in [1.82, 2.24) is 9.80 Å². The summed E-state index contributed by atoms with van der Waals surface area (Å²) in [6.45, 7) is 4.15. The van der Waals surface area contributed by atoms with Gasteiger partial charge in [0.2, 0.25) is 0 Å². The van der Waals surface area contributed by atoms with E-state index in [1.807, 2.05) is 0 Å². The SMILES string of the molecule is CN(C)C1(Cc2ccccc2)CCC2(CCN(CC3CCCC3)C2)CC1. The fourth-order valence-electron chi connectivity index (χ4n) is 6.15. The van der Waals surface area contributed by atoms with Crippen LogP contribution in [0.5, 0.6) is 0 Å². The molecule has 0 amide bonds. The fourth-order valence-corrected chi connectivity index (χ4v) is 6.15. The number of likely N-dealkylation sites (tertiary alicyclic amines) is 1. The van der Waals surface area contributed by atoms with E-state index in [4.69, 9.17) is 0 Å². The zero-order valence-electron chi connectivity index (χ0n) is 17.1. The standard InChI is InChI=1S/C24H38N2/c1-25(2)24(18-21-8-4-3-5-9-21)14-12-23(13-15-24)16-17-26(20-23)19-22-10-6-7-11-22/h3-5,8-9,22H,6-7,10-20H2,1-2H3. The van der Waals surface area contributed by atoms with E-state index in [1.165, 1.54) is 89.4 Å². The number of rotatable bonds is 5. The van der Waals surface area contributed by atoms with Gasteiger partial charge in [-0.3, -0.25) is 0 Å². The second kappa shape index (κ2) is 7.64. The van der Waals surface area contributed by atoms with Gasteiger partial charge in [-0.25, -0.2) is 0 Å². The zero-order valence-corrected chi connectivity index (χ0v) is 17.1. The molecule has 0 unspecified atom stereocenters. The van der Waals surface area contributed by atoms with Gasteiger partial charge in [0, 0.05) is 18.6 Å². The second-order valence-electron chi connectivity index (χ2n) is 9.92. The summed E-state index contributed by atoms with van der Waals surface area (Å²) in [6.07, 6.45) is 14.2. The third-order valence-electron chi connectivity index (χ3n) is 8.07. The molecular formula is C24H38N2. The molecule has 144 valence electrons. The number of likely N-dealkylation sites (N-methyl/N-ethyl adjacent to an activating group) is 1. The molecule has 3 aliphatic rings. The van der Waals surface area contributed by atoms with Gasteiger partial charge in [0.15, 0.2) is 0 Å². The Morgan fingerprint density at radius 2 is 1.65 bits per heavy atom. The van der Waals surface area contributed by atoms with Gasteiger partial charge >= 0.3 is 0 Å². The Kier molecular flexibility index (Phi) is 5.43. The van der Waals surface area contributed by atoms with E-state index in [0.717, 1.165) is 5.92 Å². The van der Waals surface area contributed by atoms with E-state index in [2.05, 4.69) is 54.2 Å². The van der Waals surface area contributed by atoms with Crippen LogP contribution in [0.25, 0.3) is 0 Å². The predicted molar refractivity (Wildman–Crippen MR) is 110 cm³/mol.